The fraction of sp³-hybridized carbons (Fsp3) is 0.829. The summed E-state index contributed by atoms with van der Waals surface area (Å²) < 4.78 is 5.39. The van der Waals surface area contributed by atoms with E-state index >= 15 is 0 Å². The minimum Gasteiger partial charge on any atom is -0.462 e. The van der Waals surface area contributed by atoms with Crippen molar-refractivity contribution in [2.75, 3.05) is 33.7 Å². The first-order chi connectivity index (χ1) is 20.8. The molecule has 0 aromatic rings. The molecular weight excluding hydrogens is 556 g/mol. The highest BCUT2D eigenvalue weighted by atomic mass is 16.7. The van der Waals surface area contributed by atoms with Gasteiger partial charge < -0.3 is 14.5 Å². The number of fused-ring (bicyclic) bond motifs is 5. The van der Waals surface area contributed by atoms with Gasteiger partial charge in [-0.1, -0.05) is 24.6 Å². The molecule has 1 N–H and O–H groups in total. The third kappa shape index (κ3) is 6.64. The number of hydrogen-bond donors (Lipinski definition) is 1. The molecule has 5 aliphatic rings. The highest BCUT2D eigenvalue weighted by Gasteiger charge is 2.59. The van der Waals surface area contributed by atoms with Crippen LogP contribution in [0.3, 0.4) is 0 Å². The van der Waals surface area contributed by atoms with E-state index in [1.54, 1.807) is 4.90 Å². The fourth-order valence-electron chi connectivity index (χ4n) is 9.79. The molecule has 0 aromatic carbocycles. The van der Waals surface area contributed by atoms with Crippen molar-refractivity contribution in [3.8, 4) is 0 Å². The molecule has 1 saturated heterocycles. The molecular formula is C35H56N4O5. The number of nitrogens with zero attached hydrogens (tertiary/aromatic N) is 3. The second kappa shape index (κ2) is 13.2. The van der Waals surface area contributed by atoms with Crippen LogP contribution >= 0.6 is 0 Å². The van der Waals surface area contributed by atoms with E-state index in [0.717, 1.165) is 37.8 Å². The van der Waals surface area contributed by atoms with Crippen LogP contribution in [0.2, 0.25) is 0 Å². The van der Waals surface area contributed by atoms with Gasteiger partial charge in [0, 0.05) is 38.0 Å². The molecule has 9 heteroatoms. The smallest absolute Gasteiger partial charge is 0.436 e. The quantitative estimate of drug-likeness (QED) is 0.157. The van der Waals surface area contributed by atoms with E-state index in [4.69, 9.17) is 9.57 Å². The van der Waals surface area contributed by atoms with Gasteiger partial charge in [-0.2, -0.15) is 0 Å². The number of ether oxygens (including phenoxy) is 1. The highest BCUT2D eigenvalue weighted by Crippen LogP contribution is 2.66. The van der Waals surface area contributed by atoms with Gasteiger partial charge >= 0.3 is 12.1 Å². The summed E-state index contributed by atoms with van der Waals surface area (Å²) in [6.45, 7) is 12.3. The van der Waals surface area contributed by atoms with E-state index in [1.165, 1.54) is 24.8 Å². The number of likely N-dealkylation sites (N-methyl/N-ethyl adjacent to an activating group) is 1. The summed E-state index contributed by atoms with van der Waals surface area (Å²) in [4.78, 5) is 47.4. The largest absolute Gasteiger partial charge is 0.462 e. The van der Waals surface area contributed by atoms with E-state index in [2.05, 4.69) is 24.3 Å². The molecule has 0 bridgehead atoms. The molecule has 3 saturated carbocycles. The number of rotatable bonds is 9. The third-order valence-corrected chi connectivity index (χ3v) is 12.1. The van der Waals surface area contributed by atoms with Gasteiger partial charge in [0.1, 0.15) is 6.04 Å². The second-order valence-corrected chi connectivity index (χ2v) is 15.5. The lowest BCUT2D eigenvalue weighted by Gasteiger charge is -2.58. The van der Waals surface area contributed by atoms with Crippen LogP contribution in [0.5, 0.6) is 0 Å². The topological polar surface area (TPSA) is 101 Å². The van der Waals surface area contributed by atoms with Crippen molar-refractivity contribution in [2.24, 2.45) is 39.7 Å². The number of esters is 1. The number of carbonyl (C=O) groups excluding carboxylic acids is 3. The van der Waals surface area contributed by atoms with Gasteiger partial charge in [-0.05, 0) is 127 Å². The van der Waals surface area contributed by atoms with Gasteiger partial charge in [0.25, 0.3) is 0 Å². The number of nitrogens with one attached hydrogen (secondary N) is 1. The summed E-state index contributed by atoms with van der Waals surface area (Å²) in [5, 5.41) is 7.87. The van der Waals surface area contributed by atoms with E-state index in [-0.39, 0.29) is 35.0 Å². The maximum Gasteiger partial charge on any atom is 0.436 e. The fourth-order valence-corrected chi connectivity index (χ4v) is 9.79. The zero-order valence-corrected chi connectivity index (χ0v) is 28.2. The summed E-state index contributed by atoms with van der Waals surface area (Å²) in [7, 11) is 3.97. The first-order valence-electron chi connectivity index (χ1n) is 17.2. The van der Waals surface area contributed by atoms with E-state index in [0.29, 0.717) is 61.9 Å². The van der Waals surface area contributed by atoms with Crippen LogP contribution < -0.4 is 5.32 Å². The van der Waals surface area contributed by atoms with Crippen molar-refractivity contribution in [1.82, 2.24) is 15.1 Å². The van der Waals surface area contributed by atoms with Crippen LogP contribution in [0.25, 0.3) is 0 Å². The number of hydrogen-bond acceptors (Lipinski definition) is 8. The van der Waals surface area contributed by atoms with Gasteiger partial charge in [-0.15, -0.1) is 0 Å². The lowest BCUT2D eigenvalue weighted by molar-refractivity contribution is -0.149. The molecule has 0 radical (unpaired) electrons. The maximum absolute atomic E-state index is 13.4. The Kier molecular flexibility index (Phi) is 9.96. The summed E-state index contributed by atoms with van der Waals surface area (Å²) in [5.74, 6) is 2.38. The summed E-state index contributed by atoms with van der Waals surface area (Å²) in [5.41, 5.74) is 2.67. The van der Waals surface area contributed by atoms with Crippen LogP contribution in [0.1, 0.15) is 98.8 Å². The molecule has 0 aromatic heterocycles. The Morgan fingerprint density at radius 3 is 2.52 bits per heavy atom. The Balaban J connectivity index is 1.22. The monoisotopic (exact) mass is 612 g/mol. The Hall–Kier alpha value is -2.26. The number of allylic oxidation sites excluding steroid dienone is 1. The molecule has 4 aliphatic carbocycles. The van der Waals surface area contributed by atoms with Crippen LogP contribution in [0.15, 0.2) is 16.8 Å². The molecule has 44 heavy (non-hydrogen) atoms. The summed E-state index contributed by atoms with van der Waals surface area (Å²) in [6.07, 6.45) is 11.5. The molecule has 0 spiro atoms. The first-order valence-corrected chi connectivity index (χ1v) is 17.2. The van der Waals surface area contributed by atoms with Crippen LogP contribution in [0.4, 0.5) is 4.79 Å². The van der Waals surface area contributed by atoms with Crippen molar-refractivity contribution in [2.45, 2.75) is 117 Å². The van der Waals surface area contributed by atoms with E-state index in [1.807, 2.05) is 45.8 Å². The van der Waals surface area contributed by atoms with Crippen molar-refractivity contribution >= 4 is 23.6 Å². The Morgan fingerprint density at radius 1 is 1.02 bits per heavy atom. The second-order valence-electron chi connectivity index (χ2n) is 15.5. The molecule has 1 aliphatic heterocycles. The maximum atomic E-state index is 13.4. The van der Waals surface area contributed by atoms with Crippen LogP contribution in [0, 0.1) is 34.5 Å². The molecule has 2 unspecified atom stereocenters. The molecule has 4 fully saturated rings. The third-order valence-electron chi connectivity index (χ3n) is 12.1. The molecule has 9 nitrogen and oxygen atoms in total. The van der Waals surface area contributed by atoms with Gasteiger partial charge in [0.15, 0.2) is 5.78 Å². The summed E-state index contributed by atoms with van der Waals surface area (Å²) >= 11 is 0. The number of ketones is 1. The summed E-state index contributed by atoms with van der Waals surface area (Å²) in [6, 6.07) is -0.338. The minimum absolute atomic E-state index is 0.000755. The van der Waals surface area contributed by atoms with Gasteiger partial charge in [-0.25, -0.2) is 4.79 Å². The molecule has 5 rings (SSSR count). The normalized spacial score (nSPS) is 36.9. The van der Waals surface area contributed by atoms with Crippen LogP contribution in [-0.4, -0.2) is 85.3 Å². The molecule has 8 atom stereocenters. The van der Waals surface area contributed by atoms with E-state index in [9.17, 15) is 14.4 Å². The number of amides is 1. The first kappa shape index (κ1) is 33.1. The predicted octanol–water partition coefficient (Wildman–Crippen LogP) is 5.58. The number of carbonyl (C=O) groups is 3. The van der Waals surface area contributed by atoms with Crippen molar-refractivity contribution in [3.63, 3.8) is 0 Å². The Bertz CT molecular complexity index is 1170. The van der Waals surface area contributed by atoms with Gasteiger partial charge in [0.05, 0.1) is 11.8 Å². The van der Waals surface area contributed by atoms with Crippen LogP contribution in [-0.2, 0) is 19.2 Å². The lowest BCUT2D eigenvalue weighted by Crippen LogP contribution is -2.51. The van der Waals surface area contributed by atoms with Crippen molar-refractivity contribution in [1.29, 1.82) is 0 Å². The van der Waals surface area contributed by atoms with Gasteiger partial charge in [0.2, 0.25) is 0 Å². The van der Waals surface area contributed by atoms with E-state index < -0.39 is 6.09 Å². The number of oxime groups is 1. The van der Waals surface area contributed by atoms with Crippen molar-refractivity contribution in [3.05, 3.63) is 11.6 Å². The average Bonchev–Trinajstić information content (AvgIpc) is 3.58. The molecule has 1 heterocycles. The SMILES string of the molecule is C/C(=N\OC(=O)N(CCN(C)C)CC1CCC(C(=O)OC(C)C)N1)[C@H]1CC[C@H]2[C@@H]3CCC4=CC(=O)CC[C@]4(C)[C@H]3CC[C@]12C. The lowest BCUT2D eigenvalue weighted by atomic mass is 9.46. The molecule has 1 amide bonds. The predicted molar refractivity (Wildman–Crippen MR) is 171 cm³/mol. The zero-order chi connectivity index (χ0) is 31.8. The van der Waals surface area contributed by atoms with Crippen molar-refractivity contribution < 1.29 is 24.0 Å². The Morgan fingerprint density at radius 2 is 1.80 bits per heavy atom. The minimum atomic E-state index is -0.434. The highest BCUT2D eigenvalue weighted by molar-refractivity contribution is 5.91. The standard InChI is InChI=1S/C35H56N4O5/c1-22(2)43-32(41)31-13-9-25(36-31)21-39(19-18-38(6)7)33(42)44-37-23(3)28-11-12-29-27-10-8-24-20-26(40)14-16-34(24,4)30(27)15-17-35(28,29)5/h20,22,25,27-31,36H,8-19,21H2,1-7H3/b37-23+/t25?,27-,28+,29-,30-,31?,34-,35+/m0/s1. The van der Waals surface area contributed by atoms with Gasteiger partial charge in [-0.3, -0.25) is 19.7 Å². The molecule has 246 valence electrons. The average molecular weight is 613 g/mol. The Labute approximate surface area is 264 Å². The zero-order valence-electron chi connectivity index (χ0n) is 28.2.